The van der Waals surface area contributed by atoms with E-state index in [9.17, 15) is 13.6 Å². The summed E-state index contributed by atoms with van der Waals surface area (Å²) in [5.41, 5.74) is 3.09. The maximum atomic E-state index is 14.0. The highest BCUT2D eigenvalue weighted by atomic mass is 19.1. The zero-order valence-corrected chi connectivity index (χ0v) is 24.2. The summed E-state index contributed by atoms with van der Waals surface area (Å²) < 4.78 is 47.6. The SMILES string of the molecule is CCC(C)n1ncn(-c2ccc(N3CCN(c4ccc(OC[C@@H]5CO[C@@H](c6ccc(F)cc6F)O5)cc4)CC3)cc2)c1=O. The average Bonchev–Trinajstić information content (AvgIpc) is 3.67. The average molecular weight is 592 g/mol. The van der Waals surface area contributed by atoms with Gasteiger partial charge in [-0.25, -0.2) is 22.8 Å². The largest absolute Gasteiger partial charge is 0.491 e. The number of benzene rings is 3. The van der Waals surface area contributed by atoms with Crippen LogP contribution in [0.1, 0.15) is 38.2 Å². The second-order valence-corrected chi connectivity index (χ2v) is 10.9. The van der Waals surface area contributed by atoms with E-state index in [2.05, 4.69) is 27.0 Å². The minimum atomic E-state index is -0.877. The number of rotatable bonds is 9. The number of halogens is 2. The normalized spacial score (nSPS) is 19.5. The Kier molecular flexibility index (Phi) is 8.44. The lowest BCUT2D eigenvalue weighted by Gasteiger charge is -2.37. The van der Waals surface area contributed by atoms with Crippen LogP contribution >= 0.6 is 0 Å². The molecule has 0 bridgehead atoms. The Labute approximate surface area is 248 Å². The Balaban J connectivity index is 0.981. The van der Waals surface area contributed by atoms with E-state index in [1.807, 2.05) is 50.2 Å². The number of hydrogen-bond acceptors (Lipinski definition) is 7. The third kappa shape index (κ3) is 6.28. The van der Waals surface area contributed by atoms with Gasteiger partial charge in [-0.2, -0.15) is 5.10 Å². The summed E-state index contributed by atoms with van der Waals surface area (Å²) >= 11 is 0. The van der Waals surface area contributed by atoms with Gasteiger partial charge in [-0.05, 0) is 74.0 Å². The summed E-state index contributed by atoms with van der Waals surface area (Å²) in [6, 6.07) is 19.4. The van der Waals surface area contributed by atoms with Crippen molar-refractivity contribution in [3.63, 3.8) is 0 Å². The predicted octanol–water partition coefficient (Wildman–Crippen LogP) is 5.10. The van der Waals surface area contributed by atoms with Gasteiger partial charge in [0.25, 0.3) is 0 Å². The molecule has 0 aliphatic carbocycles. The van der Waals surface area contributed by atoms with Gasteiger partial charge in [0.05, 0.1) is 18.3 Å². The van der Waals surface area contributed by atoms with Crippen molar-refractivity contribution in [3.05, 3.63) is 101 Å². The highest BCUT2D eigenvalue weighted by Crippen LogP contribution is 2.30. The Bertz CT molecular complexity index is 1580. The molecule has 6 rings (SSSR count). The zero-order chi connectivity index (χ0) is 29.9. The van der Waals surface area contributed by atoms with E-state index in [4.69, 9.17) is 14.2 Å². The molecule has 0 radical (unpaired) electrons. The molecule has 0 saturated carbocycles. The van der Waals surface area contributed by atoms with Crippen LogP contribution < -0.4 is 20.2 Å². The molecule has 3 atom stereocenters. The molecule has 4 aromatic rings. The lowest BCUT2D eigenvalue weighted by atomic mass is 10.2. The Morgan fingerprint density at radius 2 is 1.56 bits per heavy atom. The Hall–Kier alpha value is -4.22. The monoisotopic (exact) mass is 591 g/mol. The quantitative estimate of drug-likeness (QED) is 0.268. The van der Waals surface area contributed by atoms with E-state index in [0.717, 1.165) is 55.7 Å². The molecular formula is C32H35F2N5O4. The molecule has 2 saturated heterocycles. The maximum Gasteiger partial charge on any atom is 0.350 e. The van der Waals surface area contributed by atoms with Crippen molar-refractivity contribution in [1.29, 1.82) is 0 Å². The highest BCUT2D eigenvalue weighted by molar-refractivity contribution is 5.54. The van der Waals surface area contributed by atoms with E-state index < -0.39 is 17.9 Å². The first-order valence-electron chi connectivity index (χ1n) is 14.6. The molecule has 226 valence electrons. The van der Waals surface area contributed by atoms with Gasteiger partial charge in [0.1, 0.15) is 36.4 Å². The number of hydrogen-bond donors (Lipinski definition) is 0. The number of aromatic nitrogens is 3. The topological polar surface area (TPSA) is 74.0 Å². The molecule has 3 heterocycles. The Morgan fingerprint density at radius 3 is 2.19 bits per heavy atom. The molecule has 0 spiro atoms. The molecule has 9 nitrogen and oxygen atoms in total. The van der Waals surface area contributed by atoms with Gasteiger partial charge in [0, 0.05) is 49.2 Å². The molecule has 2 fully saturated rings. The minimum absolute atomic E-state index is 0.0612. The first kappa shape index (κ1) is 28.9. The third-order valence-corrected chi connectivity index (χ3v) is 8.08. The summed E-state index contributed by atoms with van der Waals surface area (Å²) in [7, 11) is 0. The van der Waals surface area contributed by atoms with Crippen LogP contribution in [0.15, 0.2) is 77.9 Å². The van der Waals surface area contributed by atoms with E-state index in [1.165, 1.54) is 16.8 Å². The number of ether oxygens (including phenoxy) is 3. The van der Waals surface area contributed by atoms with Crippen molar-refractivity contribution in [2.24, 2.45) is 0 Å². The van der Waals surface area contributed by atoms with Crippen LogP contribution in [0, 0.1) is 11.6 Å². The van der Waals surface area contributed by atoms with E-state index in [1.54, 1.807) is 10.9 Å². The van der Waals surface area contributed by atoms with Crippen LogP contribution in [0.4, 0.5) is 20.2 Å². The number of piperazine rings is 1. The maximum absolute atomic E-state index is 14.0. The third-order valence-electron chi connectivity index (χ3n) is 8.08. The van der Waals surface area contributed by atoms with E-state index in [0.29, 0.717) is 5.75 Å². The van der Waals surface area contributed by atoms with Crippen LogP contribution in [0.5, 0.6) is 5.75 Å². The van der Waals surface area contributed by atoms with Gasteiger partial charge in [-0.3, -0.25) is 0 Å². The summed E-state index contributed by atoms with van der Waals surface area (Å²) in [4.78, 5) is 17.4. The van der Waals surface area contributed by atoms with Gasteiger partial charge in [-0.1, -0.05) is 6.92 Å². The standard InChI is InChI=1S/C32H35F2N5O4/c1-3-22(2)39-32(40)38(21-35-39)26-7-5-24(6-8-26)36-14-16-37(17-15-36)25-9-11-27(12-10-25)41-19-28-20-42-31(43-28)29-13-4-23(33)18-30(29)34/h4-13,18,21-22,28,31H,3,14-17,19-20H2,1-2H3/t22?,28-,31-/m1/s1. The van der Waals surface area contributed by atoms with Crippen molar-refractivity contribution in [2.75, 3.05) is 49.2 Å². The molecule has 1 unspecified atom stereocenters. The first-order chi connectivity index (χ1) is 20.9. The fourth-order valence-corrected chi connectivity index (χ4v) is 5.35. The summed E-state index contributed by atoms with van der Waals surface area (Å²) in [5, 5.41) is 4.28. The molecule has 3 aromatic carbocycles. The van der Waals surface area contributed by atoms with Gasteiger partial charge >= 0.3 is 5.69 Å². The molecule has 1 aromatic heterocycles. The number of nitrogens with zero attached hydrogens (tertiary/aromatic N) is 5. The second kappa shape index (κ2) is 12.6. The molecule has 0 N–H and O–H groups in total. The summed E-state index contributed by atoms with van der Waals surface area (Å²) in [6.45, 7) is 8.03. The second-order valence-electron chi connectivity index (χ2n) is 10.9. The lowest BCUT2D eigenvalue weighted by molar-refractivity contribution is -0.0680. The highest BCUT2D eigenvalue weighted by Gasteiger charge is 2.30. The van der Waals surface area contributed by atoms with E-state index >= 15 is 0 Å². The van der Waals surface area contributed by atoms with Crippen LogP contribution in [0.2, 0.25) is 0 Å². The van der Waals surface area contributed by atoms with Crippen LogP contribution in [-0.2, 0) is 9.47 Å². The van der Waals surface area contributed by atoms with Crippen LogP contribution in [0.3, 0.4) is 0 Å². The van der Waals surface area contributed by atoms with Gasteiger partial charge in [0.15, 0.2) is 6.29 Å². The fourth-order valence-electron chi connectivity index (χ4n) is 5.35. The first-order valence-corrected chi connectivity index (χ1v) is 14.6. The van der Waals surface area contributed by atoms with Gasteiger partial charge in [-0.15, -0.1) is 0 Å². The number of anilines is 2. The van der Waals surface area contributed by atoms with Crippen LogP contribution in [0.25, 0.3) is 5.69 Å². The van der Waals surface area contributed by atoms with Crippen molar-refractivity contribution >= 4 is 11.4 Å². The van der Waals surface area contributed by atoms with Crippen molar-refractivity contribution < 1.29 is 23.0 Å². The minimum Gasteiger partial charge on any atom is -0.491 e. The lowest BCUT2D eigenvalue weighted by Crippen LogP contribution is -2.46. The smallest absolute Gasteiger partial charge is 0.350 e. The summed E-state index contributed by atoms with van der Waals surface area (Å²) in [6.07, 6.45) is 1.19. The van der Waals surface area contributed by atoms with Crippen molar-refractivity contribution in [1.82, 2.24) is 14.3 Å². The molecule has 2 aliphatic heterocycles. The molecular weight excluding hydrogens is 556 g/mol. The van der Waals surface area contributed by atoms with Crippen molar-refractivity contribution in [3.8, 4) is 11.4 Å². The zero-order valence-electron chi connectivity index (χ0n) is 24.2. The van der Waals surface area contributed by atoms with E-state index in [-0.39, 0.29) is 36.6 Å². The van der Waals surface area contributed by atoms with Crippen LogP contribution in [-0.4, -0.2) is 59.8 Å². The van der Waals surface area contributed by atoms with Gasteiger partial charge < -0.3 is 24.0 Å². The molecule has 0 amide bonds. The predicted molar refractivity (Wildman–Crippen MR) is 159 cm³/mol. The van der Waals surface area contributed by atoms with Gasteiger partial charge in [0.2, 0.25) is 0 Å². The van der Waals surface area contributed by atoms with Crippen molar-refractivity contribution in [2.45, 2.75) is 38.7 Å². The molecule has 43 heavy (non-hydrogen) atoms. The molecule has 2 aliphatic rings. The fraction of sp³-hybridized carbons (Fsp3) is 0.375. The summed E-state index contributed by atoms with van der Waals surface area (Å²) in [5.74, 6) is -0.631. The Morgan fingerprint density at radius 1 is 0.930 bits per heavy atom. The molecule has 11 heteroatoms.